The Morgan fingerprint density at radius 3 is 2.95 bits per heavy atom. The second-order valence-electron chi connectivity index (χ2n) is 5.65. The van der Waals surface area contributed by atoms with Crippen molar-refractivity contribution < 1.29 is 14.6 Å². The number of nitrogens with two attached hydrogens (primary N) is 1. The summed E-state index contributed by atoms with van der Waals surface area (Å²) in [6, 6.07) is 5.84. The molecule has 19 heavy (non-hydrogen) atoms. The number of aliphatic hydroxyl groups excluding tert-OH is 1. The largest absolute Gasteiger partial charge is 0.493 e. The van der Waals surface area contributed by atoms with Gasteiger partial charge < -0.3 is 20.3 Å². The molecule has 0 spiro atoms. The molecule has 2 rings (SSSR count). The first-order valence-corrected chi connectivity index (χ1v) is 6.84. The van der Waals surface area contributed by atoms with Crippen molar-refractivity contribution in [1.29, 1.82) is 0 Å². The molecule has 0 saturated heterocycles. The van der Waals surface area contributed by atoms with Crippen molar-refractivity contribution in [3.8, 4) is 11.5 Å². The van der Waals surface area contributed by atoms with Gasteiger partial charge in [-0.1, -0.05) is 6.07 Å². The van der Waals surface area contributed by atoms with E-state index >= 15 is 0 Å². The van der Waals surface area contributed by atoms with Crippen LogP contribution in [0.4, 0.5) is 0 Å². The molecule has 1 aromatic carbocycles. The average molecular weight is 265 g/mol. The maximum atomic E-state index is 8.72. The van der Waals surface area contributed by atoms with Crippen LogP contribution in [-0.2, 0) is 0 Å². The predicted molar refractivity (Wildman–Crippen MR) is 74.5 cm³/mol. The molecule has 1 heterocycles. The molecule has 4 heteroatoms. The predicted octanol–water partition coefficient (Wildman–Crippen LogP) is 2.40. The number of ether oxygens (including phenoxy) is 2. The van der Waals surface area contributed by atoms with Crippen LogP contribution in [-0.4, -0.2) is 23.9 Å². The standard InChI is InChI=1S/C15H23NO3/c1-15(2)10-13(16)12-6-5-11(9-14(12)19-15)18-8-4-3-7-17/h5-6,9,13,17H,3-4,7-8,10,16H2,1-2H3. The fraction of sp³-hybridized carbons (Fsp3) is 0.600. The maximum Gasteiger partial charge on any atom is 0.128 e. The van der Waals surface area contributed by atoms with Crippen LogP contribution in [0.2, 0.25) is 0 Å². The summed E-state index contributed by atoms with van der Waals surface area (Å²) in [4.78, 5) is 0. The molecule has 4 nitrogen and oxygen atoms in total. The van der Waals surface area contributed by atoms with Crippen molar-refractivity contribution in [3.05, 3.63) is 23.8 Å². The minimum atomic E-state index is -0.234. The summed E-state index contributed by atoms with van der Waals surface area (Å²) >= 11 is 0. The number of hydrogen-bond donors (Lipinski definition) is 2. The summed E-state index contributed by atoms with van der Waals surface area (Å²) in [7, 11) is 0. The summed E-state index contributed by atoms with van der Waals surface area (Å²) < 4.78 is 11.6. The Labute approximate surface area is 114 Å². The molecule has 0 radical (unpaired) electrons. The van der Waals surface area contributed by atoms with Gasteiger partial charge in [-0.15, -0.1) is 0 Å². The number of hydrogen-bond acceptors (Lipinski definition) is 4. The van der Waals surface area contributed by atoms with Crippen molar-refractivity contribution in [3.63, 3.8) is 0 Å². The van der Waals surface area contributed by atoms with E-state index in [-0.39, 0.29) is 18.2 Å². The van der Waals surface area contributed by atoms with E-state index in [1.807, 2.05) is 32.0 Å². The first-order chi connectivity index (χ1) is 9.02. The van der Waals surface area contributed by atoms with E-state index < -0.39 is 0 Å². The Bertz CT molecular complexity index is 431. The molecule has 0 fully saturated rings. The van der Waals surface area contributed by atoms with Gasteiger partial charge in [0.2, 0.25) is 0 Å². The fourth-order valence-electron chi connectivity index (χ4n) is 2.38. The van der Waals surface area contributed by atoms with Gasteiger partial charge in [-0.05, 0) is 32.8 Å². The summed E-state index contributed by atoms with van der Waals surface area (Å²) in [5.74, 6) is 1.62. The summed E-state index contributed by atoms with van der Waals surface area (Å²) in [5, 5.41) is 8.72. The number of benzene rings is 1. The Hall–Kier alpha value is -1.26. The van der Waals surface area contributed by atoms with Crippen LogP contribution in [0.25, 0.3) is 0 Å². The van der Waals surface area contributed by atoms with Crippen molar-refractivity contribution in [2.45, 2.75) is 44.8 Å². The van der Waals surface area contributed by atoms with E-state index in [9.17, 15) is 0 Å². The van der Waals surface area contributed by atoms with Crippen molar-refractivity contribution in [1.82, 2.24) is 0 Å². The highest BCUT2D eigenvalue weighted by molar-refractivity contribution is 5.44. The van der Waals surface area contributed by atoms with Crippen LogP contribution in [0, 0.1) is 0 Å². The average Bonchev–Trinajstić information content (AvgIpc) is 2.32. The van der Waals surface area contributed by atoms with Crippen LogP contribution in [0.3, 0.4) is 0 Å². The third kappa shape index (κ3) is 3.61. The maximum absolute atomic E-state index is 8.72. The Morgan fingerprint density at radius 1 is 1.42 bits per heavy atom. The lowest BCUT2D eigenvalue weighted by Gasteiger charge is -2.36. The van der Waals surface area contributed by atoms with E-state index in [1.165, 1.54) is 0 Å². The van der Waals surface area contributed by atoms with E-state index in [0.29, 0.717) is 6.61 Å². The van der Waals surface area contributed by atoms with Gasteiger partial charge in [-0.25, -0.2) is 0 Å². The zero-order chi connectivity index (χ0) is 13.9. The minimum Gasteiger partial charge on any atom is -0.493 e. The molecule has 1 unspecified atom stereocenters. The molecule has 1 aliphatic heterocycles. The lowest BCUT2D eigenvalue weighted by molar-refractivity contribution is 0.0724. The Kier molecular flexibility index (Phi) is 4.32. The van der Waals surface area contributed by atoms with E-state index in [4.69, 9.17) is 20.3 Å². The lowest BCUT2D eigenvalue weighted by atomic mass is 9.90. The van der Waals surface area contributed by atoms with Crippen LogP contribution in [0.5, 0.6) is 11.5 Å². The van der Waals surface area contributed by atoms with Gasteiger partial charge in [-0.3, -0.25) is 0 Å². The van der Waals surface area contributed by atoms with Gasteiger partial charge in [0, 0.05) is 30.7 Å². The van der Waals surface area contributed by atoms with Gasteiger partial charge in [-0.2, -0.15) is 0 Å². The zero-order valence-corrected chi connectivity index (χ0v) is 11.7. The minimum absolute atomic E-state index is 0.0159. The molecule has 0 aromatic heterocycles. The Balaban J connectivity index is 2.06. The van der Waals surface area contributed by atoms with E-state index in [2.05, 4.69) is 0 Å². The molecule has 0 saturated carbocycles. The quantitative estimate of drug-likeness (QED) is 0.802. The molecule has 1 aromatic rings. The summed E-state index contributed by atoms with van der Waals surface area (Å²) in [5.41, 5.74) is 6.97. The highest BCUT2D eigenvalue weighted by Gasteiger charge is 2.31. The summed E-state index contributed by atoms with van der Waals surface area (Å²) in [6.07, 6.45) is 2.43. The SMILES string of the molecule is CC1(C)CC(N)c2ccc(OCCCCO)cc2O1. The summed E-state index contributed by atoms with van der Waals surface area (Å²) in [6.45, 7) is 4.91. The van der Waals surface area contributed by atoms with E-state index in [1.54, 1.807) is 0 Å². The normalized spacial score (nSPS) is 20.5. The number of aliphatic hydroxyl groups is 1. The third-order valence-corrected chi connectivity index (χ3v) is 3.30. The first kappa shape index (κ1) is 14.2. The van der Waals surface area contributed by atoms with Crippen LogP contribution >= 0.6 is 0 Å². The van der Waals surface area contributed by atoms with Crippen LogP contribution in [0.1, 0.15) is 44.7 Å². The van der Waals surface area contributed by atoms with Gasteiger partial charge in [0.25, 0.3) is 0 Å². The topological polar surface area (TPSA) is 64.7 Å². The van der Waals surface area contributed by atoms with Crippen molar-refractivity contribution in [2.24, 2.45) is 5.73 Å². The number of fused-ring (bicyclic) bond motifs is 1. The highest BCUT2D eigenvalue weighted by Crippen LogP contribution is 2.39. The van der Waals surface area contributed by atoms with E-state index in [0.717, 1.165) is 36.3 Å². The van der Waals surface area contributed by atoms with Gasteiger partial charge in [0.1, 0.15) is 17.1 Å². The molecule has 3 N–H and O–H groups in total. The van der Waals surface area contributed by atoms with Crippen LogP contribution < -0.4 is 15.2 Å². The second-order valence-corrected chi connectivity index (χ2v) is 5.65. The molecule has 0 aliphatic carbocycles. The van der Waals surface area contributed by atoms with Crippen molar-refractivity contribution in [2.75, 3.05) is 13.2 Å². The lowest BCUT2D eigenvalue weighted by Crippen LogP contribution is -2.37. The number of rotatable bonds is 5. The smallest absolute Gasteiger partial charge is 0.128 e. The molecule has 1 atom stereocenters. The Morgan fingerprint density at radius 2 is 2.21 bits per heavy atom. The molecular weight excluding hydrogens is 242 g/mol. The second kappa shape index (κ2) is 5.80. The molecular formula is C15H23NO3. The number of unbranched alkanes of at least 4 members (excludes halogenated alkanes) is 1. The first-order valence-electron chi connectivity index (χ1n) is 6.84. The molecule has 106 valence electrons. The zero-order valence-electron chi connectivity index (χ0n) is 11.7. The molecule has 0 bridgehead atoms. The monoisotopic (exact) mass is 265 g/mol. The van der Waals surface area contributed by atoms with Crippen LogP contribution in [0.15, 0.2) is 18.2 Å². The molecule has 0 amide bonds. The van der Waals surface area contributed by atoms with Gasteiger partial charge >= 0.3 is 0 Å². The molecule has 1 aliphatic rings. The van der Waals surface area contributed by atoms with Gasteiger partial charge in [0.05, 0.1) is 6.61 Å². The van der Waals surface area contributed by atoms with Crippen molar-refractivity contribution >= 4 is 0 Å². The fourth-order valence-corrected chi connectivity index (χ4v) is 2.38. The highest BCUT2D eigenvalue weighted by atomic mass is 16.5. The van der Waals surface area contributed by atoms with Gasteiger partial charge in [0.15, 0.2) is 0 Å². The third-order valence-electron chi connectivity index (χ3n) is 3.30.